The van der Waals surface area contributed by atoms with Gasteiger partial charge in [-0.05, 0) is 25.3 Å². The molecule has 1 aromatic rings. The predicted molar refractivity (Wildman–Crippen MR) is 96.3 cm³/mol. The summed E-state index contributed by atoms with van der Waals surface area (Å²) in [6.45, 7) is 5.78. The summed E-state index contributed by atoms with van der Waals surface area (Å²) in [5.41, 5.74) is 1.63. The van der Waals surface area contributed by atoms with Crippen molar-refractivity contribution in [2.75, 3.05) is 26.8 Å². The average Bonchev–Trinajstić information content (AvgIpc) is 2.55. The fraction of sp³-hybridized carbons (Fsp3) is 0.611. The van der Waals surface area contributed by atoms with Crippen LogP contribution in [0, 0.1) is 12.8 Å². The number of hydrogen-bond acceptors (Lipinski definition) is 3. The van der Waals surface area contributed by atoms with Gasteiger partial charge in [0, 0.05) is 38.9 Å². The van der Waals surface area contributed by atoms with Crippen molar-refractivity contribution in [3.63, 3.8) is 0 Å². The molecule has 0 aliphatic heterocycles. The van der Waals surface area contributed by atoms with Gasteiger partial charge < -0.3 is 20.1 Å². The molecule has 0 saturated carbocycles. The topological polar surface area (TPSA) is 54.9 Å². The molecular weight excluding hydrogens is 328 g/mol. The van der Waals surface area contributed by atoms with Gasteiger partial charge in [-0.3, -0.25) is 4.99 Å². The van der Waals surface area contributed by atoms with Crippen molar-refractivity contribution in [1.29, 1.82) is 0 Å². The van der Waals surface area contributed by atoms with E-state index in [0.717, 1.165) is 18.6 Å². The molecule has 0 radical (unpaired) electrons. The first-order valence-corrected chi connectivity index (χ1v) is 8.49. The van der Waals surface area contributed by atoms with Crippen LogP contribution >= 0.6 is 0 Å². The van der Waals surface area contributed by atoms with Crippen LogP contribution in [0.2, 0.25) is 0 Å². The number of alkyl halides is 2. The molecule has 5 nitrogen and oxygen atoms in total. The molecule has 0 unspecified atom stereocenters. The number of rotatable bonds is 10. The third-order valence-corrected chi connectivity index (χ3v) is 3.31. The van der Waals surface area contributed by atoms with Crippen molar-refractivity contribution < 1.29 is 18.3 Å². The standard InChI is InChI=1S/C18H29F2N3O2/c1-13(2)12-24-9-5-8-22-18(21-4)23-11-15-10-14(3)6-7-16(15)25-17(19)20/h6-7,10,13,17H,5,8-9,11-12H2,1-4H3,(H2,21,22,23). The van der Waals surface area contributed by atoms with Crippen LogP contribution in [-0.2, 0) is 11.3 Å². The second-order valence-corrected chi connectivity index (χ2v) is 6.16. The number of nitrogens with one attached hydrogen (secondary N) is 2. The van der Waals surface area contributed by atoms with Crippen molar-refractivity contribution >= 4 is 5.96 Å². The van der Waals surface area contributed by atoms with Crippen LogP contribution in [0.5, 0.6) is 5.75 Å². The number of benzene rings is 1. The normalized spacial score (nSPS) is 11.9. The third-order valence-electron chi connectivity index (χ3n) is 3.31. The third kappa shape index (κ3) is 9.24. The smallest absolute Gasteiger partial charge is 0.387 e. The second kappa shape index (κ2) is 11.6. The molecule has 0 atom stereocenters. The van der Waals surface area contributed by atoms with Crippen LogP contribution in [0.15, 0.2) is 23.2 Å². The largest absolute Gasteiger partial charge is 0.434 e. The minimum Gasteiger partial charge on any atom is -0.434 e. The van der Waals surface area contributed by atoms with E-state index in [1.54, 1.807) is 19.2 Å². The Kier molecular flexibility index (Phi) is 9.84. The molecule has 142 valence electrons. The summed E-state index contributed by atoms with van der Waals surface area (Å²) in [6.07, 6.45) is 0.859. The highest BCUT2D eigenvalue weighted by Gasteiger charge is 2.10. The van der Waals surface area contributed by atoms with Crippen LogP contribution in [0.3, 0.4) is 0 Å². The Balaban J connectivity index is 2.43. The van der Waals surface area contributed by atoms with Gasteiger partial charge >= 0.3 is 6.61 Å². The monoisotopic (exact) mass is 357 g/mol. The summed E-state index contributed by atoms with van der Waals surface area (Å²) in [7, 11) is 1.66. The number of halogens is 2. The van der Waals surface area contributed by atoms with E-state index in [-0.39, 0.29) is 5.75 Å². The number of aryl methyl sites for hydroxylation is 1. The van der Waals surface area contributed by atoms with Gasteiger partial charge in [0.1, 0.15) is 5.75 Å². The number of ether oxygens (including phenoxy) is 2. The van der Waals surface area contributed by atoms with Gasteiger partial charge in [-0.15, -0.1) is 0 Å². The van der Waals surface area contributed by atoms with E-state index in [9.17, 15) is 8.78 Å². The Morgan fingerprint density at radius 1 is 1.24 bits per heavy atom. The quantitative estimate of drug-likeness (QED) is 0.383. The maximum atomic E-state index is 12.5. The minimum absolute atomic E-state index is 0.172. The van der Waals surface area contributed by atoms with Gasteiger partial charge in [0.15, 0.2) is 5.96 Å². The first-order valence-electron chi connectivity index (χ1n) is 8.49. The summed E-state index contributed by atoms with van der Waals surface area (Å²) in [6, 6.07) is 5.12. The van der Waals surface area contributed by atoms with E-state index >= 15 is 0 Å². The number of aliphatic imine (C=N–C) groups is 1. The molecule has 1 aromatic carbocycles. The van der Waals surface area contributed by atoms with Gasteiger partial charge in [-0.1, -0.05) is 31.5 Å². The molecule has 0 aromatic heterocycles. The molecule has 7 heteroatoms. The number of guanidine groups is 1. The first-order chi connectivity index (χ1) is 11.9. The van der Waals surface area contributed by atoms with E-state index in [0.29, 0.717) is 37.1 Å². The van der Waals surface area contributed by atoms with Gasteiger partial charge in [0.2, 0.25) is 0 Å². The minimum atomic E-state index is -2.84. The molecule has 0 aliphatic rings. The number of hydrogen-bond donors (Lipinski definition) is 2. The molecule has 0 bridgehead atoms. The average molecular weight is 357 g/mol. The zero-order valence-corrected chi connectivity index (χ0v) is 15.4. The highest BCUT2D eigenvalue weighted by molar-refractivity contribution is 5.79. The van der Waals surface area contributed by atoms with Crippen molar-refractivity contribution in [1.82, 2.24) is 10.6 Å². The molecule has 1 rings (SSSR count). The van der Waals surface area contributed by atoms with Gasteiger partial charge in [0.05, 0.1) is 0 Å². The Morgan fingerprint density at radius 2 is 2.00 bits per heavy atom. The Labute approximate surface area is 148 Å². The van der Waals surface area contributed by atoms with E-state index in [1.807, 2.05) is 13.0 Å². The summed E-state index contributed by atoms with van der Waals surface area (Å²) < 4.78 is 35.1. The highest BCUT2D eigenvalue weighted by atomic mass is 19.3. The van der Waals surface area contributed by atoms with E-state index in [4.69, 9.17) is 4.74 Å². The van der Waals surface area contributed by atoms with E-state index in [1.165, 1.54) is 0 Å². The molecule has 0 saturated heterocycles. The number of nitrogens with zero attached hydrogens (tertiary/aromatic N) is 1. The highest BCUT2D eigenvalue weighted by Crippen LogP contribution is 2.21. The summed E-state index contributed by atoms with van der Waals surface area (Å²) in [4.78, 5) is 4.13. The molecule has 0 fully saturated rings. The van der Waals surface area contributed by atoms with Crippen LogP contribution in [0.1, 0.15) is 31.4 Å². The molecule has 0 aliphatic carbocycles. The zero-order chi connectivity index (χ0) is 18.7. The second-order valence-electron chi connectivity index (χ2n) is 6.16. The maximum Gasteiger partial charge on any atom is 0.387 e. The first kappa shape index (κ1) is 21.2. The molecule has 0 heterocycles. The fourth-order valence-electron chi connectivity index (χ4n) is 2.16. The maximum absolute atomic E-state index is 12.5. The predicted octanol–water partition coefficient (Wildman–Crippen LogP) is 3.32. The van der Waals surface area contributed by atoms with Crippen molar-refractivity contribution in [2.24, 2.45) is 10.9 Å². The van der Waals surface area contributed by atoms with Crippen molar-refractivity contribution in [2.45, 2.75) is 40.3 Å². The van der Waals surface area contributed by atoms with E-state index in [2.05, 4.69) is 34.2 Å². The molecular formula is C18H29F2N3O2. The molecule has 0 amide bonds. The summed E-state index contributed by atoms with van der Waals surface area (Å²) in [5, 5.41) is 6.28. The van der Waals surface area contributed by atoms with Crippen molar-refractivity contribution in [3.8, 4) is 5.75 Å². The lowest BCUT2D eigenvalue weighted by molar-refractivity contribution is -0.0504. The van der Waals surface area contributed by atoms with Crippen LogP contribution in [0.25, 0.3) is 0 Å². The lowest BCUT2D eigenvalue weighted by Crippen LogP contribution is -2.37. The Hall–Kier alpha value is -1.89. The SMILES string of the molecule is CN=C(NCCCOCC(C)C)NCc1cc(C)ccc1OC(F)F. The fourth-order valence-corrected chi connectivity index (χ4v) is 2.16. The van der Waals surface area contributed by atoms with E-state index < -0.39 is 6.61 Å². The van der Waals surface area contributed by atoms with Gasteiger partial charge in [-0.25, -0.2) is 0 Å². The lowest BCUT2D eigenvalue weighted by Gasteiger charge is -2.15. The van der Waals surface area contributed by atoms with Gasteiger partial charge in [0.25, 0.3) is 0 Å². The molecule has 25 heavy (non-hydrogen) atoms. The van der Waals surface area contributed by atoms with Crippen LogP contribution in [-0.4, -0.2) is 39.4 Å². The van der Waals surface area contributed by atoms with Gasteiger partial charge in [-0.2, -0.15) is 8.78 Å². The van der Waals surface area contributed by atoms with Crippen LogP contribution < -0.4 is 15.4 Å². The van der Waals surface area contributed by atoms with Crippen LogP contribution in [0.4, 0.5) is 8.78 Å². The summed E-state index contributed by atoms with van der Waals surface area (Å²) in [5.74, 6) is 1.31. The lowest BCUT2D eigenvalue weighted by atomic mass is 10.1. The molecule has 2 N–H and O–H groups in total. The Bertz CT molecular complexity index is 537. The molecule has 0 spiro atoms. The Morgan fingerprint density at radius 3 is 2.64 bits per heavy atom. The van der Waals surface area contributed by atoms with Crippen molar-refractivity contribution in [3.05, 3.63) is 29.3 Å². The summed E-state index contributed by atoms with van der Waals surface area (Å²) >= 11 is 0. The zero-order valence-electron chi connectivity index (χ0n) is 15.4.